The minimum atomic E-state index is -0.168. The van der Waals surface area contributed by atoms with Crippen molar-refractivity contribution in [2.45, 2.75) is 38.8 Å². The fourth-order valence-corrected chi connectivity index (χ4v) is 3.63. The van der Waals surface area contributed by atoms with Gasteiger partial charge >= 0.3 is 6.03 Å². The van der Waals surface area contributed by atoms with Gasteiger partial charge < -0.3 is 20.4 Å². The summed E-state index contributed by atoms with van der Waals surface area (Å²) in [6, 6.07) is 16.5. The summed E-state index contributed by atoms with van der Waals surface area (Å²) in [4.78, 5) is 28.2. The summed E-state index contributed by atoms with van der Waals surface area (Å²) in [5, 5.41) is 5.72. The predicted octanol–water partition coefficient (Wildman–Crippen LogP) is 3.31. The van der Waals surface area contributed by atoms with E-state index in [0.717, 1.165) is 12.8 Å². The van der Waals surface area contributed by atoms with Crippen LogP contribution in [0, 0.1) is 0 Å². The molecule has 2 aromatic rings. The Kier molecular flexibility index (Phi) is 7.71. The molecule has 0 spiro atoms. The first-order valence-electron chi connectivity index (χ1n) is 10.7. The fourth-order valence-electron chi connectivity index (χ4n) is 3.63. The highest BCUT2D eigenvalue weighted by molar-refractivity contribution is 5.77. The molecule has 3 rings (SSSR count). The van der Waals surface area contributed by atoms with Crippen LogP contribution in [0.3, 0.4) is 0 Å². The van der Waals surface area contributed by atoms with Gasteiger partial charge in [0.25, 0.3) is 0 Å². The molecule has 6 heteroatoms. The number of aryl methyl sites for hydroxylation is 1. The third kappa shape index (κ3) is 6.24. The summed E-state index contributed by atoms with van der Waals surface area (Å²) in [6.45, 7) is 2.53. The number of hydrogen-bond acceptors (Lipinski definition) is 3. The first-order valence-corrected chi connectivity index (χ1v) is 10.7. The molecule has 3 amide bonds. The van der Waals surface area contributed by atoms with Crippen LogP contribution in [0.25, 0.3) is 0 Å². The number of fused-ring (bicyclic) bond motifs is 1. The van der Waals surface area contributed by atoms with Crippen molar-refractivity contribution >= 4 is 17.6 Å². The average Bonchev–Trinajstić information content (AvgIpc) is 3.19. The summed E-state index contributed by atoms with van der Waals surface area (Å²) >= 11 is 0. The van der Waals surface area contributed by atoms with Gasteiger partial charge in [-0.05, 0) is 48.1 Å². The lowest BCUT2D eigenvalue weighted by Gasteiger charge is -2.15. The monoisotopic (exact) mass is 408 g/mol. The van der Waals surface area contributed by atoms with Gasteiger partial charge in [0.1, 0.15) is 0 Å². The second kappa shape index (κ2) is 10.7. The van der Waals surface area contributed by atoms with Gasteiger partial charge in [-0.1, -0.05) is 36.4 Å². The third-order valence-electron chi connectivity index (χ3n) is 5.43. The molecule has 0 bridgehead atoms. The number of anilines is 1. The Labute approximate surface area is 179 Å². The van der Waals surface area contributed by atoms with E-state index in [1.165, 1.54) is 22.4 Å². The van der Waals surface area contributed by atoms with E-state index in [4.69, 9.17) is 0 Å². The normalized spacial score (nSPS) is 12.4. The average molecular weight is 409 g/mol. The maximum absolute atomic E-state index is 12.4. The highest BCUT2D eigenvalue weighted by Gasteiger charge is 2.22. The molecule has 0 unspecified atom stereocenters. The summed E-state index contributed by atoms with van der Waals surface area (Å²) in [6.07, 6.45) is 2.93. The van der Waals surface area contributed by atoms with Crippen LogP contribution in [0.2, 0.25) is 0 Å². The highest BCUT2D eigenvalue weighted by Crippen LogP contribution is 2.22. The van der Waals surface area contributed by atoms with E-state index < -0.39 is 0 Å². The lowest BCUT2D eigenvalue weighted by atomic mass is 10.1. The first kappa shape index (κ1) is 21.7. The van der Waals surface area contributed by atoms with Crippen LogP contribution >= 0.6 is 0 Å². The van der Waals surface area contributed by atoms with Crippen LogP contribution in [0.15, 0.2) is 48.5 Å². The van der Waals surface area contributed by atoms with Gasteiger partial charge in [0.05, 0.1) is 0 Å². The standard InChI is InChI=1S/C24H32N4O2/c1-27(2)22-13-11-19(12-14-22)7-5-15-25-24(30)26-16-6-10-23(29)28-17-20-8-3-4-9-21(20)18-28/h3-4,8-9,11-14H,5-7,10,15-18H2,1-2H3,(H2,25,26,30). The summed E-state index contributed by atoms with van der Waals surface area (Å²) in [7, 11) is 4.05. The quantitative estimate of drug-likeness (QED) is 0.626. The van der Waals surface area contributed by atoms with Crippen molar-refractivity contribution in [1.29, 1.82) is 0 Å². The molecule has 6 nitrogen and oxygen atoms in total. The molecule has 0 atom stereocenters. The zero-order valence-corrected chi connectivity index (χ0v) is 18.0. The highest BCUT2D eigenvalue weighted by atomic mass is 16.2. The SMILES string of the molecule is CN(C)c1ccc(CCCNC(=O)NCCCC(=O)N2Cc3ccccc3C2)cc1. The Hall–Kier alpha value is -3.02. The molecule has 0 fully saturated rings. The van der Waals surface area contributed by atoms with E-state index in [1.807, 2.05) is 31.1 Å². The fraction of sp³-hybridized carbons (Fsp3) is 0.417. The molecular formula is C24H32N4O2. The molecule has 1 heterocycles. The molecule has 0 saturated carbocycles. The smallest absolute Gasteiger partial charge is 0.314 e. The molecular weight excluding hydrogens is 376 g/mol. The molecule has 0 radical (unpaired) electrons. The summed E-state index contributed by atoms with van der Waals surface area (Å²) in [5.41, 5.74) is 4.92. The molecule has 1 aliphatic heterocycles. The summed E-state index contributed by atoms with van der Waals surface area (Å²) in [5.74, 6) is 0.147. The number of carbonyl (C=O) groups is 2. The van der Waals surface area contributed by atoms with E-state index >= 15 is 0 Å². The van der Waals surface area contributed by atoms with Crippen molar-refractivity contribution in [1.82, 2.24) is 15.5 Å². The van der Waals surface area contributed by atoms with Gasteiger partial charge in [0, 0.05) is 52.4 Å². The van der Waals surface area contributed by atoms with Gasteiger partial charge in [0.2, 0.25) is 5.91 Å². The predicted molar refractivity (Wildman–Crippen MR) is 120 cm³/mol. The van der Waals surface area contributed by atoms with Crippen LogP contribution < -0.4 is 15.5 Å². The van der Waals surface area contributed by atoms with Crippen molar-refractivity contribution in [2.75, 3.05) is 32.1 Å². The maximum atomic E-state index is 12.4. The molecule has 1 aliphatic rings. The van der Waals surface area contributed by atoms with Crippen molar-refractivity contribution in [3.63, 3.8) is 0 Å². The molecule has 160 valence electrons. The zero-order valence-electron chi connectivity index (χ0n) is 18.0. The lowest BCUT2D eigenvalue weighted by molar-refractivity contribution is -0.131. The molecule has 2 N–H and O–H groups in total. The number of amides is 3. The van der Waals surface area contributed by atoms with Crippen LogP contribution in [0.1, 0.15) is 36.0 Å². The molecule has 0 saturated heterocycles. The Balaban J connectivity index is 1.23. The number of nitrogens with zero attached hydrogens (tertiary/aromatic N) is 2. The van der Waals surface area contributed by atoms with Crippen molar-refractivity contribution in [2.24, 2.45) is 0 Å². The van der Waals surface area contributed by atoms with Gasteiger partial charge in [-0.2, -0.15) is 0 Å². The number of rotatable bonds is 9. The lowest BCUT2D eigenvalue weighted by Crippen LogP contribution is -2.37. The van der Waals surface area contributed by atoms with Gasteiger partial charge in [-0.3, -0.25) is 4.79 Å². The van der Waals surface area contributed by atoms with Crippen LogP contribution in [-0.2, 0) is 24.3 Å². The van der Waals surface area contributed by atoms with E-state index in [2.05, 4.69) is 51.9 Å². The molecule has 30 heavy (non-hydrogen) atoms. The Bertz CT molecular complexity index is 824. The number of carbonyl (C=O) groups excluding carboxylic acids is 2. The second-order valence-electron chi connectivity index (χ2n) is 7.97. The van der Waals surface area contributed by atoms with E-state index in [0.29, 0.717) is 39.0 Å². The van der Waals surface area contributed by atoms with Crippen LogP contribution in [0.5, 0.6) is 0 Å². The van der Waals surface area contributed by atoms with Crippen LogP contribution in [-0.4, -0.2) is 44.0 Å². The van der Waals surface area contributed by atoms with E-state index in [9.17, 15) is 9.59 Å². The van der Waals surface area contributed by atoms with Gasteiger partial charge in [-0.15, -0.1) is 0 Å². The van der Waals surface area contributed by atoms with E-state index in [1.54, 1.807) is 0 Å². The topological polar surface area (TPSA) is 64.7 Å². The number of nitrogens with one attached hydrogen (secondary N) is 2. The van der Waals surface area contributed by atoms with Crippen molar-refractivity contribution in [3.8, 4) is 0 Å². The first-order chi connectivity index (χ1) is 14.5. The minimum Gasteiger partial charge on any atom is -0.378 e. The Morgan fingerprint density at radius 1 is 0.900 bits per heavy atom. The van der Waals surface area contributed by atoms with Gasteiger partial charge in [0.15, 0.2) is 0 Å². The number of benzene rings is 2. The maximum Gasteiger partial charge on any atom is 0.314 e. The molecule has 0 aliphatic carbocycles. The molecule has 0 aromatic heterocycles. The minimum absolute atomic E-state index is 0.147. The Morgan fingerprint density at radius 3 is 2.10 bits per heavy atom. The third-order valence-corrected chi connectivity index (χ3v) is 5.43. The Morgan fingerprint density at radius 2 is 1.50 bits per heavy atom. The van der Waals surface area contributed by atoms with Gasteiger partial charge in [-0.25, -0.2) is 4.79 Å². The number of hydrogen-bond donors (Lipinski definition) is 2. The van der Waals surface area contributed by atoms with Crippen LogP contribution in [0.4, 0.5) is 10.5 Å². The summed E-state index contributed by atoms with van der Waals surface area (Å²) < 4.78 is 0. The molecule has 2 aromatic carbocycles. The zero-order chi connectivity index (χ0) is 21.3. The second-order valence-corrected chi connectivity index (χ2v) is 7.97. The number of urea groups is 1. The van der Waals surface area contributed by atoms with E-state index in [-0.39, 0.29) is 11.9 Å². The largest absolute Gasteiger partial charge is 0.378 e. The van der Waals surface area contributed by atoms with Crippen molar-refractivity contribution in [3.05, 3.63) is 65.2 Å². The van der Waals surface area contributed by atoms with Crippen molar-refractivity contribution < 1.29 is 9.59 Å².